The van der Waals surface area contributed by atoms with E-state index in [0.717, 1.165) is 21.3 Å². The summed E-state index contributed by atoms with van der Waals surface area (Å²) in [5, 5.41) is 24.6. The maximum absolute atomic E-state index is 13.2. The number of carbonyl (C=O) groups excluding carboxylic acids is 1. The number of ether oxygens (including phenoxy) is 2. The zero-order chi connectivity index (χ0) is 24.3. The second kappa shape index (κ2) is 8.12. The summed E-state index contributed by atoms with van der Waals surface area (Å²) in [6.07, 6.45) is -1.46. The molecule has 1 fully saturated rings. The van der Waals surface area contributed by atoms with Crippen LogP contribution in [0.25, 0.3) is 0 Å². The van der Waals surface area contributed by atoms with Crippen LogP contribution in [0.2, 0.25) is 0 Å². The molecule has 0 saturated heterocycles. The third-order valence-corrected chi connectivity index (χ3v) is 8.10. The molecule has 1 aliphatic carbocycles. The topological polar surface area (TPSA) is 79.2 Å². The number of nitrogens with zero attached hydrogens (tertiary/aromatic N) is 1. The summed E-state index contributed by atoms with van der Waals surface area (Å²) in [5.74, 6) is -1.79. The fourth-order valence-corrected chi connectivity index (χ4v) is 6.58. The Morgan fingerprint density at radius 1 is 1.00 bits per heavy atom. The van der Waals surface area contributed by atoms with Crippen LogP contribution in [0.1, 0.15) is 22.6 Å². The van der Waals surface area contributed by atoms with E-state index in [2.05, 4.69) is 15.9 Å². The highest BCUT2D eigenvalue weighted by Gasteiger charge is 2.78. The number of hydrogen-bond acceptors (Lipinski definition) is 6. The van der Waals surface area contributed by atoms with Crippen molar-refractivity contribution in [3.8, 4) is 5.75 Å². The second-order valence-corrected chi connectivity index (χ2v) is 9.75. The van der Waals surface area contributed by atoms with E-state index in [0.29, 0.717) is 11.3 Å². The Hall–Kier alpha value is -2.87. The molecule has 2 aliphatic rings. The summed E-state index contributed by atoms with van der Waals surface area (Å²) >= 11 is 3.50. The Bertz CT molecular complexity index is 1230. The lowest BCUT2D eigenvalue weighted by atomic mass is 9.68. The van der Waals surface area contributed by atoms with Gasteiger partial charge >= 0.3 is 5.97 Å². The molecular formula is C27H26BrNO5. The Labute approximate surface area is 206 Å². The molecule has 1 saturated carbocycles. The van der Waals surface area contributed by atoms with Gasteiger partial charge in [-0.15, -0.1) is 0 Å². The number of halogens is 1. The summed E-state index contributed by atoms with van der Waals surface area (Å²) in [7, 11) is 4.73. The molecule has 1 aliphatic heterocycles. The lowest BCUT2D eigenvalue weighted by molar-refractivity contribution is -0.154. The van der Waals surface area contributed by atoms with Crippen molar-refractivity contribution in [2.75, 3.05) is 26.2 Å². The molecule has 0 bridgehead atoms. The quantitative estimate of drug-likeness (QED) is 0.504. The van der Waals surface area contributed by atoms with Gasteiger partial charge in [-0.2, -0.15) is 0 Å². The lowest BCUT2D eigenvalue weighted by Crippen LogP contribution is -2.56. The van der Waals surface area contributed by atoms with Gasteiger partial charge in [0, 0.05) is 23.1 Å². The third kappa shape index (κ3) is 2.72. The predicted octanol–water partition coefficient (Wildman–Crippen LogP) is 3.94. The van der Waals surface area contributed by atoms with Crippen molar-refractivity contribution >= 4 is 27.6 Å². The molecule has 3 aromatic carbocycles. The van der Waals surface area contributed by atoms with Crippen LogP contribution in [0.15, 0.2) is 77.3 Å². The molecule has 5 atom stereocenters. The van der Waals surface area contributed by atoms with E-state index in [1.807, 2.05) is 78.7 Å². The largest absolute Gasteiger partial charge is 0.496 e. The average molecular weight is 524 g/mol. The number of rotatable bonds is 4. The molecule has 5 rings (SSSR count). The maximum atomic E-state index is 13.2. The number of aliphatic hydroxyl groups is 2. The minimum absolute atomic E-state index is 0.446. The Kier molecular flexibility index (Phi) is 5.47. The first kappa shape index (κ1) is 22.9. The lowest BCUT2D eigenvalue weighted by Gasteiger charge is -2.47. The van der Waals surface area contributed by atoms with Gasteiger partial charge in [0.15, 0.2) is 0 Å². The number of anilines is 1. The van der Waals surface area contributed by atoms with E-state index in [1.54, 1.807) is 6.07 Å². The minimum Gasteiger partial charge on any atom is -0.496 e. The Balaban J connectivity index is 1.93. The van der Waals surface area contributed by atoms with Gasteiger partial charge in [-0.1, -0.05) is 64.5 Å². The van der Waals surface area contributed by atoms with Crippen molar-refractivity contribution in [2.45, 2.75) is 23.2 Å². The van der Waals surface area contributed by atoms with Gasteiger partial charge in [0.1, 0.15) is 23.0 Å². The van der Waals surface area contributed by atoms with Crippen molar-refractivity contribution < 1.29 is 24.5 Å². The van der Waals surface area contributed by atoms with E-state index >= 15 is 0 Å². The fourth-order valence-electron chi connectivity index (χ4n) is 6.32. The number of hydrogen-bond donors (Lipinski definition) is 2. The van der Waals surface area contributed by atoms with Crippen molar-refractivity contribution in [3.63, 3.8) is 0 Å². The molecule has 2 N–H and O–H groups in total. The van der Waals surface area contributed by atoms with Crippen LogP contribution in [0, 0.1) is 5.92 Å². The molecule has 0 unspecified atom stereocenters. The zero-order valence-corrected chi connectivity index (χ0v) is 20.7. The SMILES string of the molecule is COC(=O)[C@H]1[C@@H](O)[C@@]2(O)c3c(OC)cccc3N(C)[C@@]2(c2ccc(Br)cc2)[C@@H]1c1ccccc1. The summed E-state index contributed by atoms with van der Waals surface area (Å²) in [5.41, 5.74) is -0.343. The molecule has 176 valence electrons. The maximum Gasteiger partial charge on any atom is 0.312 e. The van der Waals surface area contributed by atoms with E-state index in [4.69, 9.17) is 9.47 Å². The number of fused-ring (bicyclic) bond motifs is 3. The van der Waals surface area contributed by atoms with Crippen molar-refractivity contribution in [1.29, 1.82) is 0 Å². The number of benzene rings is 3. The molecule has 7 heteroatoms. The standard InChI is InChI=1S/C27H26BrNO5/c1-29-19-10-7-11-20(33-2)23(19)27(32)24(30)21(25(31)34-3)22(16-8-5-4-6-9-16)26(27,29)17-12-14-18(28)15-13-17/h4-15,21-22,24,30,32H,1-3H3/t21-,22-,24-,26+,27+/m1/s1. The number of likely N-dealkylation sites (N-methyl/N-ethyl adjacent to an activating group) is 1. The van der Waals surface area contributed by atoms with E-state index < -0.39 is 35.0 Å². The van der Waals surface area contributed by atoms with Crippen LogP contribution in [-0.2, 0) is 20.7 Å². The monoisotopic (exact) mass is 523 g/mol. The predicted molar refractivity (Wildman–Crippen MR) is 132 cm³/mol. The number of carbonyl (C=O) groups is 1. The number of aliphatic hydroxyl groups excluding tert-OH is 1. The summed E-state index contributed by atoms with van der Waals surface area (Å²) in [6.45, 7) is 0. The highest BCUT2D eigenvalue weighted by atomic mass is 79.9. The van der Waals surface area contributed by atoms with Crippen LogP contribution >= 0.6 is 15.9 Å². The highest BCUT2D eigenvalue weighted by Crippen LogP contribution is 2.71. The van der Waals surface area contributed by atoms with Crippen LogP contribution < -0.4 is 9.64 Å². The molecule has 0 radical (unpaired) electrons. The molecule has 0 amide bonds. The third-order valence-electron chi connectivity index (χ3n) is 7.57. The van der Waals surface area contributed by atoms with Gasteiger partial charge in [-0.05, 0) is 35.4 Å². The van der Waals surface area contributed by atoms with Crippen molar-refractivity contribution in [3.05, 3.63) is 94.0 Å². The van der Waals surface area contributed by atoms with Crippen LogP contribution in [0.4, 0.5) is 5.69 Å². The molecule has 34 heavy (non-hydrogen) atoms. The summed E-state index contributed by atoms with van der Waals surface area (Å²) in [4.78, 5) is 15.2. The molecule has 0 spiro atoms. The van der Waals surface area contributed by atoms with Gasteiger partial charge in [0.25, 0.3) is 0 Å². The Morgan fingerprint density at radius 2 is 1.68 bits per heavy atom. The van der Waals surface area contributed by atoms with Gasteiger partial charge in [0.2, 0.25) is 0 Å². The normalized spacial score (nSPS) is 29.5. The van der Waals surface area contributed by atoms with Crippen molar-refractivity contribution in [1.82, 2.24) is 0 Å². The van der Waals surface area contributed by atoms with Crippen LogP contribution in [0.3, 0.4) is 0 Å². The van der Waals surface area contributed by atoms with Crippen molar-refractivity contribution in [2.24, 2.45) is 5.92 Å². The van der Waals surface area contributed by atoms with Gasteiger partial charge in [0.05, 0.1) is 25.7 Å². The number of methoxy groups -OCH3 is 2. The van der Waals surface area contributed by atoms with Crippen LogP contribution in [0.5, 0.6) is 5.75 Å². The van der Waals surface area contributed by atoms with E-state index in [9.17, 15) is 15.0 Å². The first-order valence-electron chi connectivity index (χ1n) is 11.0. The molecule has 0 aromatic heterocycles. The molecule has 1 heterocycles. The smallest absolute Gasteiger partial charge is 0.312 e. The first-order chi connectivity index (χ1) is 16.3. The van der Waals surface area contributed by atoms with Gasteiger partial charge in [-0.3, -0.25) is 4.79 Å². The molecule has 6 nitrogen and oxygen atoms in total. The molecule has 3 aromatic rings. The Morgan fingerprint density at radius 3 is 2.29 bits per heavy atom. The van der Waals surface area contributed by atoms with E-state index in [1.165, 1.54) is 14.2 Å². The minimum atomic E-state index is -1.88. The van der Waals surface area contributed by atoms with Crippen LogP contribution in [-0.4, -0.2) is 43.6 Å². The summed E-state index contributed by atoms with van der Waals surface area (Å²) in [6, 6.07) is 22.7. The van der Waals surface area contributed by atoms with Gasteiger partial charge in [-0.25, -0.2) is 0 Å². The first-order valence-corrected chi connectivity index (χ1v) is 11.8. The zero-order valence-electron chi connectivity index (χ0n) is 19.1. The van der Waals surface area contributed by atoms with E-state index in [-0.39, 0.29) is 0 Å². The second-order valence-electron chi connectivity index (χ2n) is 8.84. The highest BCUT2D eigenvalue weighted by molar-refractivity contribution is 9.10. The van der Waals surface area contributed by atoms with Gasteiger partial charge < -0.3 is 24.6 Å². The summed E-state index contributed by atoms with van der Waals surface area (Å²) < 4.78 is 11.7. The fraction of sp³-hybridized carbons (Fsp3) is 0.296. The number of esters is 1. The molecular weight excluding hydrogens is 498 g/mol. The average Bonchev–Trinajstić information content (AvgIpc) is 3.21.